The highest BCUT2D eigenvalue weighted by Crippen LogP contribution is 2.38. The van der Waals surface area contributed by atoms with Crippen molar-refractivity contribution in [3.05, 3.63) is 39.8 Å². The molecule has 2 aromatic heterocycles. The van der Waals surface area contributed by atoms with Crippen LogP contribution in [0, 0.1) is 18.3 Å². The predicted molar refractivity (Wildman–Crippen MR) is 95.9 cm³/mol. The first-order valence-corrected chi connectivity index (χ1v) is 8.69. The van der Waals surface area contributed by atoms with Crippen LogP contribution >= 0.6 is 0 Å². The number of aromatic nitrogens is 2. The number of fused-ring (bicyclic) bond motifs is 1. The SMILES string of the molecule is Cc1ccn2c(=O)c(C(=O)N[C@@H]3C[C@@H](C)CC(C)(C)C3)c(O)nc2c1. The van der Waals surface area contributed by atoms with Crippen LogP contribution in [0.25, 0.3) is 5.65 Å². The van der Waals surface area contributed by atoms with Gasteiger partial charge in [0.15, 0.2) is 5.56 Å². The maximum absolute atomic E-state index is 12.7. The summed E-state index contributed by atoms with van der Waals surface area (Å²) in [5, 5.41) is 13.1. The van der Waals surface area contributed by atoms with Gasteiger partial charge in [0.05, 0.1) is 0 Å². The second-order valence-corrected chi connectivity index (χ2v) is 8.13. The first-order chi connectivity index (χ1) is 11.7. The Labute approximate surface area is 146 Å². The van der Waals surface area contributed by atoms with Crippen LogP contribution in [-0.2, 0) is 0 Å². The van der Waals surface area contributed by atoms with E-state index in [0.717, 1.165) is 24.8 Å². The molecule has 1 amide bonds. The molecule has 134 valence electrons. The summed E-state index contributed by atoms with van der Waals surface area (Å²) in [6.07, 6.45) is 4.41. The summed E-state index contributed by atoms with van der Waals surface area (Å²) in [6.45, 7) is 8.42. The van der Waals surface area contributed by atoms with Crippen molar-refractivity contribution in [3.63, 3.8) is 0 Å². The van der Waals surface area contributed by atoms with E-state index >= 15 is 0 Å². The van der Waals surface area contributed by atoms with Crippen LogP contribution in [0.4, 0.5) is 0 Å². The lowest BCUT2D eigenvalue weighted by atomic mass is 9.70. The molecule has 2 heterocycles. The molecule has 0 aliphatic heterocycles. The summed E-state index contributed by atoms with van der Waals surface area (Å²) < 4.78 is 1.29. The minimum absolute atomic E-state index is 0.0104. The third kappa shape index (κ3) is 3.52. The molecule has 0 unspecified atom stereocenters. The second kappa shape index (κ2) is 6.17. The molecule has 6 heteroatoms. The third-order valence-electron chi connectivity index (χ3n) is 4.92. The first kappa shape index (κ1) is 17.5. The molecule has 1 aliphatic carbocycles. The fraction of sp³-hybridized carbons (Fsp3) is 0.526. The molecule has 0 spiro atoms. The van der Waals surface area contributed by atoms with Gasteiger partial charge in [0.2, 0.25) is 5.88 Å². The molecular formula is C19H25N3O3. The maximum atomic E-state index is 12.7. The van der Waals surface area contributed by atoms with Crippen molar-refractivity contribution in [2.75, 3.05) is 0 Å². The van der Waals surface area contributed by atoms with Crippen LogP contribution in [0.3, 0.4) is 0 Å². The number of hydrogen-bond donors (Lipinski definition) is 2. The Hall–Kier alpha value is -2.37. The summed E-state index contributed by atoms with van der Waals surface area (Å²) in [7, 11) is 0. The standard InChI is InChI=1S/C19H25N3O3/c1-11-5-6-22-14(8-11)21-17(24)15(18(22)25)16(23)20-13-7-12(2)9-19(3,4)10-13/h5-6,8,12-13,24H,7,9-10H2,1-4H3,(H,20,23)/t12-,13-/m1/s1. The van der Waals surface area contributed by atoms with Crippen molar-refractivity contribution < 1.29 is 9.90 Å². The summed E-state index contributed by atoms with van der Waals surface area (Å²) in [6, 6.07) is 3.44. The van der Waals surface area contributed by atoms with Crippen molar-refractivity contribution in [1.29, 1.82) is 0 Å². The van der Waals surface area contributed by atoms with Gasteiger partial charge >= 0.3 is 0 Å². The van der Waals surface area contributed by atoms with Gasteiger partial charge in [0.25, 0.3) is 11.5 Å². The zero-order valence-corrected chi connectivity index (χ0v) is 15.2. The molecule has 25 heavy (non-hydrogen) atoms. The highest BCUT2D eigenvalue weighted by Gasteiger charge is 2.33. The molecule has 0 radical (unpaired) electrons. The Balaban J connectivity index is 1.92. The maximum Gasteiger partial charge on any atom is 0.274 e. The zero-order chi connectivity index (χ0) is 18.4. The number of aryl methyl sites for hydroxylation is 1. The first-order valence-electron chi connectivity index (χ1n) is 8.69. The van der Waals surface area contributed by atoms with Gasteiger partial charge in [-0.05, 0) is 55.2 Å². The number of hydrogen-bond acceptors (Lipinski definition) is 4. The lowest BCUT2D eigenvalue weighted by molar-refractivity contribution is 0.0869. The number of carbonyl (C=O) groups is 1. The van der Waals surface area contributed by atoms with E-state index in [9.17, 15) is 14.7 Å². The molecule has 1 saturated carbocycles. The number of aromatic hydroxyl groups is 1. The average molecular weight is 343 g/mol. The van der Waals surface area contributed by atoms with Crippen LogP contribution in [0.15, 0.2) is 23.1 Å². The molecular weight excluding hydrogens is 318 g/mol. The monoisotopic (exact) mass is 343 g/mol. The Bertz CT molecular complexity index is 885. The molecule has 2 N–H and O–H groups in total. The lowest BCUT2D eigenvalue weighted by Gasteiger charge is -2.39. The predicted octanol–water partition coefficient (Wildman–Crippen LogP) is 2.65. The van der Waals surface area contributed by atoms with E-state index in [1.165, 1.54) is 4.40 Å². The number of pyridine rings is 1. The van der Waals surface area contributed by atoms with Gasteiger partial charge in [0, 0.05) is 12.2 Å². The summed E-state index contributed by atoms with van der Waals surface area (Å²) in [5.41, 5.74) is 0.542. The van der Waals surface area contributed by atoms with Gasteiger partial charge in [-0.15, -0.1) is 0 Å². The summed E-state index contributed by atoms with van der Waals surface area (Å²) >= 11 is 0. The highest BCUT2D eigenvalue weighted by atomic mass is 16.3. The van der Waals surface area contributed by atoms with Gasteiger partial charge in [-0.1, -0.05) is 20.8 Å². The molecule has 6 nitrogen and oxygen atoms in total. The quantitative estimate of drug-likeness (QED) is 0.878. The van der Waals surface area contributed by atoms with Gasteiger partial charge in [-0.25, -0.2) is 0 Å². The van der Waals surface area contributed by atoms with E-state index in [1.54, 1.807) is 18.3 Å². The van der Waals surface area contributed by atoms with Crippen molar-refractivity contribution in [1.82, 2.24) is 14.7 Å². The van der Waals surface area contributed by atoms with Crippen LogP contribution in [0.2, 0.25) is 0 Å². The van der Waals surface area contributed by atoms with Crippen LogP contribution in [0.1, 0.15) is 56.0 Å². The van der Waals surface area contributed by atoms with Crippen LogP contribution < -0.4 is 10.9 Å². The number of nitrogens with one attached hydrogen (secondary N) is 1. The Morgan fingerprint density at radius 3 is 2.80 bits per heavy atom. The van der Waals surface area contributed by atoms with Crippen molar-refractivity contribution in [2.24, 2.45) is 11.3 Å². The molecule has 2 aromatic rings. The van der Waals surface area contributed by atoms with Gasteiger partial charge in [0.1, 0.15) is 5.65 Å². The Morgan fingerprint density at radius 2 is 2.12 bits per heavy atom. The fourth-order valence-corrected chi connectivity index (χ4v) is 4.14. The second-order valence-electron chi connectivity index (χ2n) is 8.13. The van der Waals surface area contributed by atoms with Crippen LogP contribution in [0.5, 0.6) is 5.88 Å². The minimum Gasteiger partial charge on any atom is -0.493 e. The number of amides is 1. The molecule has 3 rings (SSSR count). The summed E-state index contributed by atoms with van der Waals surface area (Å²) in [4.78, 5) is 29.3. The molecule has 0 aromatic carbocycles. The van der Waals surface area contributed by atoms with E-state index in [0.29, 0.717) is 11.6 Å². The van der Waals surface area contributed by atoms with E-state index in [4.69, 9.17) is 0 Å². The van der Waals surface area contributed by atoms with Crippen molar-refractivity contribution >= 4 is 11.6 Å². The topological polar surface area (TPSA) is 83.7 Å². The van der Waals surface area contributed by atoms with Crippen molar-refractivity contribution in [3.8, 4) is 5.88 Å². The van der Waals surface area contributed by atoms with Gasteiger partial charge in [-0.3, -0.25) is 14.0 Å². The van der Waals surface area contributed by atoms with Gasteiger partial charge in [-0.2, -0.15) is 4.98 Å². The zero-order valence-electron chi connectivity index (χ0n) is 15.2. The van der Waals surface area contributed by atoms with E-state index in [-0.39, 0.29) is 17.0 Å². The fourth-order valence-electron chi connectivity index (χ4n) is 4.14. The number of nitrogens with zero attached hydrogens (tertiary/aromatic N) is 2. The van der Waals surface area contributed by atoms with E-state index in [1.807, 2.05) is 6.92 Å². The van der Waals surface area contributed by atoms with Crippen molar-refractivity contribution in [2.45, 2.75) is 53.0 Å². The highest BCUT2D eigenvalue weighted by molar-refractivity contribution is 5.96. The van der Waals surface area contributed by atoms with Crippen LogP contribution in [-0.4, -0.2) is 26.4 Å². The van der Waals surface area contributed by atoms with Gasteiger partial charge < -0.3 is 10.4 Å². The minimum atomic E-state index is -0.556. The van der Waals surface area contributed by atoms with E-state index in [2.05, 4.69) is 31.1 Å². The molecule has 1 aliphatic rings. The summed E-state index contributed by atoms with van der Waals surface area (Å²) in [5.74, 6) is -0.572. The number of carbonyl (C=O) groups excluding carboxylic acids is 1. The average Bonchev–Trinajstić information content (AvgIpc) is 2.44. The lowest BCUT2D eigenvalue weighted by Crippen LogP contribution is -2.44. The third-order valence-corrected chi connectivity index (χ3v) is 4.92. The van der Waals surface area contributed by atoms with E-state index < -0.39 is 17.3 Å². The molecule has 1 fully saturated rings. The Morgan fingerprint density at radius 1 is 1.40 bits per heavy atom. The molecule has 2 atom stereocenters. The Kier molecular flexibility index (Phi) is 4.31. The molecule has 0 saturated heterocycles. The largest absolute Gasteiger partial charge is 0.493 e. The number of rotatable bonds is 2. The smallest absolute Gasteiger partial charge is 0.274 e. The molecule has 0 bridgehead atoms. The normalized spacial score (nSPS) is 22.7.